The molecule has 1 aliphatic heterocycles. The van der Waals surface area contributed by atoms with Gasteiger partial charge in [-0.1, -0.05) is 69.0 Å². The Kier molecular flexibility index (Phi) is 8.71. The van der Waals surface area contributed by atoms with Gasteiger partial charge in [0.05, 0.1) is 5.56 Å². The van der Waals surface area contributed by atoms with E-state index in [0.29, 0.717) is 11.5 Å². The molecule has 0 atom stereocenters. The van der Waals surface area contributed by atoms with Gasteiger partial charge in [0.15, 0.2) is 0 Å². The molecule has 3 heteroatoms. The Labute approximate surface area is 188 Å². The lowest BCUT2D eigenvalue weighted by Crippen LogP contribution is -2.42. The summed E-state index contributed by atoms with van der Waals surface area (Å²) in [7, 11) is 0. The number of hydrogen-bond acceptors (Lipinski definition) is 3. The van der Waals surface area contributed by atoms with Gasteiger partial charge in [0.2, 0.25) is 0 Å². The molecule has 0 spiro atoms. The third-order valence-electron chi connectivity index (χ3n) is 6.65. The van der Waals surface area contributed by atoms with Gasteiger partial charge in [0, 0.05) is 5.92 Å². The molecule has 2 aromatic carbocycles. The van der Waals surface area contributed by atoms with Gasteiger partial charge in [-0.3, -0.25) is 0 Å². The van der Waals surface area contributed by atoms with Crippen LogP contribution < -0.4 is 5.32 Å². The summed E-state index contributed by atoms with van der Waals surface area (Å²) in [6.45, 7) is 8.33. The van der Waals surface area contributed by atoms with Crippen molar-refractivity contribution in [2.24, 2.45) is 5.92 Å². The first-order valence-corrected chi connectivity index (χ1v) is 12.1. The third kappa shape index (κ3) is 6.93. The quantitative estimate of drug-likeness (QED) is 0.338. The van der Waals surface area contributed by atoms with E-state index in [-0.39, 0.29) is 5.97 Å². The van der Waals surface area contributed by atoms with Crippen LogP contribution in [0.3, 0.4) is 0 Å². The molecule has 3 nitrogen and oxygen atoms in total. The van der Waals surface area contributed by atoms with E-state index in [0.717, 1.165) is 37.9 Å². The van der Waals surface area contributed by atoms with Crippen molar-refractivity contribution < 1.29 is 9.53 Å². The fourth-order valence-electron chi connectivity index (χ4n) is 4.49. The van der Waals surface area contributed by atoms with Gasteiger partial charge in [-0.25, -0.2) is 4.79 Å². The minimum atomic E-state index is -0.440. The van der Waals surface area contributed by atoms with Crippen LogP contribution in [0.4, 0.5) is 0 Å². The second kappa shape index (κ2) is 11.5. The summed E-state index contributed by atoms with van der Waals surface area (Å²) < 4.78 is 5.92. The van der Waals surface area contributed by atoms with Gasteiger partial charge in [-0.2, -0.15) is 0 Å². The van der Waals surface area contributed by atoms with E-state index in [1.165, 1.54) is 43.2 Å². The zero-order valence-corrected chi connectivity index (χ0v) is 19.6. The van der Waals surface area contributed by atoms with E-state index in [1.54, 1.807) is 0 Å². The second-order valence-electron chi connectivity index (χ2n) is 9.46. The highest BCUT2D eigenvalue weighted by Gasteiger charge is 2.34. The van der Waals surface area contributed by atoms with Crippen LogP contribution in [0.5, 0.6) is 0 Å². The Morgan fingerprint density at radius 1 is 0.903 bits per heavy atom. The molecule has 1 fully saturated rings. The monoisotopic (exact) mass is 421 g/mol. The second-order valence-corrected chi connectivity index (χ2v) is 9.46. The van der Waals surface area contributed by atoms with Crippen molar-refractivity contribution in [1.29, 1.82) is 0 Å². The standard InChI is InChI=1S/C28H39NO2/c1-4-5-6-7-8-9-22-10-12-23(13-11-22)24-14-16-25(17-15-24)27(30)31-28(2,3)26-18-20-29-21-19-26/h10-17,26,29H,4-9,18-21H2,1-3H3. The molecule has 31 heavy (non-hydrogen) atoms. The zero-order chi connectivity index (χ0) is 22.1. The van der Waals surface area contributed by atoms with E-state index < -0.39 is 5.60 Å². The van der Waals surface area contributed by atoms with E-state index >= 15 is 0 Å². The topological polar surface area (TPSA) is 38.3 Å². The molecule has 2 aromatic rings. The number of benzene rings is 2. The average Bonchev–Trinajstić information content (AvgIpc) is 2.80. The van der Waals surface area contributed by atoms with Gasteiger partial charge in [-0.15, -0.1) is 0 Å². The van der Waals surface area contributed by atoms with Crippen molar-refractivity contribution >= 4 is 5.97 Å². The summed E-state index contributed by atoms with van der Waals surface area (Å²) in [5.74, 6) is 0.177. The minimum Gasteiger partial charge on any atom is -0.456 e. The number of rotatable bonds is 10. The van der Waals surface area contributed by atoms with Crippen LogP contribution in [0.25, 0.3) is 11.1 Å². The molecule has 0 radical (unpaired) electrons. The highest BCUT2D eigenvalue weighted by molar-refractivity contribution is 5.90. The highest BCUT2D eigenvalue weighted by atomic mass is 16.6. The zero-order valence-electron chi connectivity index (χ0n) is 19.6. The number of esters is 1. The predicted molar refractivity (Wildman–Crippen MR) is 129 cm³/mol. The number of ether oxygens (including phenoxy) is 1. The normalized spacial score (nSPS) is 15.1. The van der Waals surface area contributed by atoms with Crippen LogP contribution in [-0.4, -0.2) is 24.7 Å². The first kappa shape index (κ1) is 23.5. The molecule has 0 aromatic heterocycles. The third-order valence-corrected chi connectivity index (χ3v) is 6.65. The number of nitrogens with one attached hydrogen (secondary N) is 1. The van der Waals surface area contributed by atoms with Crippen LogP contribution in [0, 0.1) is 5.92 Å². The summed E-state index contributed by atoms with van der Waals surface area (Å²) in [4.78, 5) is 12.7. The molecule has 0 bridgehead atoms. The van der Waals surface area contributed by atoms with Gasteiger partial charge in [0.1, 0.15) is 5.60 Å². The van der Waals surface area contributed by atoms with Crippen LogP contribution in [0.2, 0.25) is 0 Å². The smallest absolute Gasteiger partial charge is 0.338 e. The Morgan fingerprint density at radius 2 is 1.48 bits per heavy atom. The number of piperidine rings is 1. The fraction of sp³-hybridized carbons (Fsp3) is 0.536. The van der Waals surface area contributed by atoms with Gasteiger partial charge in [0.25, 0.3) is 0 Å². The summed E-state index contributed by atoms with van der Waals surface area (Å²) in [5.41, 5.74) is 3.90. The van der Waals surface area contributed by atoms with Gasteiger partial charge >= 0.3 is 5.97 Å². The summed E-state index contributed by atoms with van der Waals surface area (Å²) in [6.07, 6.45) is 9.83. The molecule has 0 saturated carbocycles. The molecular weight excluding hydrogens is 382 g/mol. The van der Waals surface area contributed by atoms with E-state index in [2.05, 4.69) is 36.5 Å². The fourth-order valence-corrected chi connectivity index (χ4v) is 4.49. The maximum absolute atomic E-state index is 12.7. The summed E-state index contributed by atoms with van der Waals surface area (Å²) >= 11 is 0. The number of hydrogen-bond donors (Lipinski definition) is 1. The largest absolute Gasteiger partial charge is 0.456 e. The maximum Gasteiger partial charge on any atom is 0.338 e. The number of unbranched alkanes of at least 4 members (excludes halogenated alkanes) is 4. The van der Waals surface area contributed by atoms with E-state index in [4.69, 9.17) is 4.74 Å². The molecule has 0 amide bonds. The minimum absolute atomic E-state index is 0.228. The van der Waals surface area contributed by atoms with Gasteiger partial charge < -0.3 is 10.1 Å². The average molecular weight is 422 g/mol. The molecule has 0 unspecified atom stereocenters. The number of carbonyl (C=O) groups is 1. The van der Waals surface area contributed by atoms with Crippen LogP contribution >= 0.6 is 0 Å². The Bertz CT molecular complexity index is 802. The Hall–Kier alpha value is -2.13. The Morgan fingerprint density at radius 3 is 2.10 bits per heavy atom. The molecule has 0 aliphatic carbocycles. The van der Waals surface area contributed by atoms with Crippen molar-refractivity contribution in [2.45, 2.75) is 77.7 Å². The molecular formula is C28H39NO2. The molecule has 1 saturated heterocycles. The molecule has 1 heterocycles. The SMILES string of the molecule is CCCCCCCc1ccc(-c2ccc(C(=O)OC(C)(C)C3CCNCC3)cc2)cc1. The number of aryl methyl sites for hydroxylation is 1. The summed E-state index contributed by atoms with van der Waals surface area (Å²) in [5, 5.41) is 3.37. The maximum atomic E-state index is 12.7. The molecule has 1 aliphatic rings. The van der Waals surface area contributed by atoms with Crippen molar-refractivity contribution in [2.75, 3.05) is 13.1 Å². The van der Waals surface area contributed by atoms with Crippen LogP contribution in [0.1, 0.15) is 81.6 Å². The predicted octanol–water partition coefficient (Wildman–Crippen LogP) is 6.80. The van der Waals surface area contributed by atoms with E-state index in [1.807, 2.05) is 38.1 Å². The lowest BCUT2D eigenvalue weighted by Gasteiger charge is -2.36. The van der Waals surface area contributed by atoms with Crippen molar-refractivity contribution in [3.63, 3.8) is 0 Å². The number of carbonyl (C=O) groups excluding carboxylic acids is 1. The lowest BCUT2D eigenvalue weighted by atomic mass is 9.83. The Balaban J connectivity index is 1.55. The van der Waals surface area contributed by atoms with Crippen molar-refractivity contribution in [3.05, 3.63) is 59.7 Å². The van der Waals surface area contributed by atoms with Crippen LogP contribution in [0.15, 0.2) is 48.5 Å². The van der Waals surface area contributed by atoms with Crippen molar-refractivity contribution in [1.82, 2.24) is 5.32 Å². The first-order valence-electron chi connectivity index (χ1n) is 12.1. The molecule has 3 rings (SSSR count). The van der Waals surface area contributed by atoms with Crippen LogP contribution in [-0.2, 0) is 11.2 Å². The first-order chi connectivity index (χ1) is 15.0. The van der Waals surface area contributed by atoms with Gasteiger partial charge in [-0.05, 0) is 81.4 Å². The summed E-state index contributed by atoms with van der Waals surface area (Å²) in [6, 6.07) is 16.7. The molecule has 1 N–H and O–H groups in total. The molecule has 168 valence electrons. The van der Waals surface area contributed by atoms with Crippen molar-refractivity contribution in [3.8, 4) is 11.1 Å². The van der Waals surface area contributed by atoms with E-state index in [9.17, 15) is 4.79 Å². The lowest BCUT2D eigenvalue weighted by molar-refractivity contribution is -0.0368. The highest BCUT2D eigenvalue weighted by Crippen LogP contribution is 2.30.